The van der Waals surface area contributed by atoms with Crippen LogP contribution in [0.3, 0.4) is 0 Å². The molecule has 0 spiro atoms. The number of nitrogens with one attached hydrogen (secondary N) is 2. The van der Waals surface area contributed by atoms with Crippen LogP contribution in [-0.4, -0.2) is 81.2 Å². The van der Waals surface area contributed by atoms with Gasteiger partial charge < -0.3 is 31.5 Å². The number of carboxylic acids is 2. The van der Waals surface area contributed by atoms with Crippen LogP contribution in [0.4, 0.5) is 0 Å². The number of carbonyl (C=O) groups is 5. The molecule has 1 aliphatic heterocycles. The molecule has 3 amide bonds. The molecule has 0 aromatic carbocycles. The Morgan fingerprint density at radius 2 is 1.77 bits per heavy atom. The highest BCUT2D eigenvalue weighted by atomic mass is 32.1. The molecule has 0 radical (unpaired) electrons. The van der Waals surface area contributed by atoms with Gasteiger partial charge in [-0.25, -0.2) is 4.79 Å². The Kier molecular flexibility index (Phi) is 10.1. The molecule has 0 saturated carbocycles. The zero-order valence-corrected chi connectivity index (χ0v) is 17.9. The third-order valence-corrected chi connectivity index (χ3v) is 5.05. The number of nitrogens with zero attached hydrogens (tertiary/aromatic N) is 1. The van der Waals surface area contributed by atoms with Gasteiger partial charge in [0.2, 0.25) is 17.7 Å². The van der Waals surface area contributed by atoms with Gasteiger partial charge in [0.1, 0.15) is 18.1 Å². The molecule has 0 bridgehead atoms. The van der Waals surface area contributed by atoms with E-state index in [0.29, 0.717) is 12.8 Å². The van der Waals surface area contributed by atoms with Gasteiger partial charge in [0.05, 0.1) is 12.5 Å². The summed E-state index contributed by atoms with van der Waals surface area (Å²) in [6.45, 7) is 3.89. The Hall–Kier alpha value is -2.34. The second-order valence-electron chi connectivity index (χ2n) is 7.67. The molecule has 0 aliphatic carbocycles. The van der Waals surface area contributed by atoms with Crippen LogP contribution in [0, 0.1) is 5.92 Å². The molecule has 1 aliphatic rings. The van der Waals surface area contributed by atoms with Crippen molar-refractivity contribution >= 4 is 42.3 Å². The number of nitrogens with two attached hydrogens (primary N) is 1. The first-order valence-corrected chi connectivity index (χ1v) is 10.3. The quantitative estimate of drug-likeness (QED) is 0.214. The summed E-state index contributed by atoms with van der Waals surface area (Å²) < 4.78 is 0. The van der Waals surface area contributed by atoms with Crippen molar-refractivity contribution in [2.45, 2.75) is 63.7 Å². The first-order valence-electron chi connectivity index (χ1n) is 9.70. The predicted octanol–water partition coefficient (Wildman–Crippen LogP) is -1.19. The van der Waals surface area contributed by atoms with E-state index in [1.807, 2.05) is 13.8 Å². The van der Waals surface area contributed by atoms with Gasteiger partial charge in [0.25, 0.3) is 0 Å². The lowest BCUT2D eigenvalue weighted by Crippen LogP contribution is -2.57. The topological polar surface area (TPSA) is 179 Å². The Bertz CT molecular complexity index is 673. The Morgan fingerprint density at radius 1 is 1.13 bits per heavy atom. The van der Waals surface area contributed by atoms with Gasteiger partial charge in [0, 0.05) is 12.3 Å². The van der Waals surface area contributed by atoms with Crippen molar-refractivity contribution in [1.82, 2.24) is 15.5 Å². The molecule has 0 aromatic rings. The number of carbonyl (C=O) groups excluding carboxylic acids is 3. The third kappa shape index (κ3) is 7.48. The Balaban J connectivity index is 2.79. The summed E-state index contributed by atoms with van der Waals surface area (Å²) in [6, 6.07) is -4.36. The highest BCUT2D eigenvalue weighted by Gasteiger charge is 2.38. The molecular weight excluding hydrogens is 416 g/mol. The van der Waals surface area contributed by atoms with Crippen molar-refractivity contribution < 1.29 is 34.2 Å². The number of hydrogen-bond donors (Lipinski definition) is 6. The molecule has 170 valence electrons. The zero-order valence-electron chi connectivity index (χ0n) is 17.0. The maximum atomic E-state index is 12.7. The van der Waals surface area contributed by atoms with E-state index in [9.17, 15) is 29.1 Å². The van der Waals surface area contributed by atoms with E-state index in [4.69, 9.17) is 10.8 Å². The number of carboxylic acid groups (broad SMARTS) is 2. The molecule has 0 aromatic heterocycles. The number of aliphatic carboxylic acids is 2. The Morgan fingerprint density at radius 3 is 2.27 bits per heavy atom. The fraction of sp³-hybridized carbons (Fsp3) is 0.722. The van der Waals surface area contributed by atoms with Crippen LogP contribution in [0.25, 0.3) is 0 Å². The van der Waals surface area contributed by atoms with Crippen LogP contribution in [-0.2, 0) is 24.0 Å². The lowest BCUT2D eigenvalue weighted by Gasteiger charge is -2.28. The summed E-state index contributed by atoms with van der Waals surface area (Å²) in [5.41, 5.74) is 5.62. The van der Waals surface area contributed by atoms with E-state index in [1.54, 1.807) is 0 Å². The van der Waals surface area contributed by atoms with Gasteiger partial charge in [0.15, 0.2) is 0 Å². The predicted molar refractivity (Wildman–Crippen MR) is 110 cm³/mol. The van der Waals surface area contributed by atoms with Gasteiger partial charge in [-0.15, -0.1) is 0 Å². The van der Waals surface area contributed by atoms with Crippen LogP contribution in [0.15, 0.2) is 0 Å². The summed E-state index contributed by atoms with van der Waals surface area (Å²) >= 11 is 4.06. The number of rotatable bonds is 11. The first-order chi connectivity index (χ1) is 14.0. The zero-order chi connectivity index (χ0) is 23.0. The summed E-state index contributed by atoms with van der Waals surface area (Å²) in [5.74, 6) is -4.39. The Labute approximate surface area is 180 Å². The highest BCUT2D eigenvalue weighted by molar-refractivity contribution is 7.80. The van der Waals surface area contributed by atoms with E-state index < -0.39 is 60.2 Å². The molecule has 1 saturated heterocycles. The average molecular weight is 447 g/mol. The molecule has 1 rings (SSSR count). The highest BCUT2D eigenvalue weighted by Crippen LogP contribution is 2.19. The molecule has 11 nitrogen and oxygen atoms in total. The normalized spacial score (nSPS) is 19.1. The van der Waals surface area contributed by atoms with Crippen molar-refractivity contribution in [3.8, 4) is 0 Å². The minimum absolute atomic E-state index is 0.0310. The minimum Gasteiger partial charge on any atom is -0.481 e. The van der Waals surface area contributed by atoms with Crippen LogP contribution in [0.5, 0.6) is 0 Å². The lowest BCUT2D eigenvalue weighted by atomic mass is 10.0. The van der Waals surface area contributed by atoms with Crippen LogP contribution in [0.2, 0.25) is 0 Å². The first kappa shape index (κ1) is 25.7. The number of amides is 3. The van der Waals surface area contributed by atoms with Gasteiger partial charge in [-0.1, -0.05) is 13.8 Å². The second-order valence-corrected chi connectivity index (χ2v) is 8.03. The van der Waals surface area contributed by atoms with Gasteiger partial charge in [-0.05, 0) is 25.2 Å². The molecule has 6 N–H and O–H groups in total. The van der Waals surface area contributed by atoms with E-state index in [2.05, 4.69) is 23.3 Å². The van der Waals surface area contributed by atoms with Gasteiger partial charge >= 0.3 is 11.9 Å². The molecule has 1 fully saturated rings. The minimum atomic E-state index is -1.27. The number of likely N-dealkylation sites (tertiary alicyclic amines) is 1. The fourth-order valence-electron chi connectivity index (χ4n) is 3.22. The van der Waals surface area contributed by atoms with Crippen molar-refractivity contribution in [1.29, 1.82) is 0 Å². The van der Waals surface area contributed by atoms with Crippen LogP contribution < -0.4 is 16.4 Å². The average Bonchev–Trinajstić information content (AvgIpc) is 3.13. The maximum absolute atomic E-state index is 12.7. The van der Waals surface area contributed by atoms with E-state index in [1.165, 1.54) is 4.90 Å². The molecule has 30 heavy (non-hydrogen) atoms. The van der Waals surface area contributed by atoms with E-state index in [0.717, 1.165) is 0 Å². The molecule has 12 heteroatoms. The van der Waals surface area contributed by atoms with Crippen LogP contribution >= 0.6 is 12.6 Å². The molecule has 4 unspecified atom stereocenters. The summed E-state index contributed by atoms with van der Waals surface area (Å²) in [4.78, 5) is 60.9. The molecule has 4 atom stereocenters. The molecular formula is C18H30N4O7S. The number of thiol groups is 1. The van der Waals surface area contributed by atoms with E-state index in [-0.39, 0.29) is 24.6 Å². The van der Waals surface area contributed by atoms with Crippen molar-refractivity contribution in [3.63, 3.8) is 0 Å². The second kappa shape index (κ2) is 11.7. The van der Waals surface area contributed by atoms with Gasteiger partial charge in [-0.3, -0.25) is 19.2 Å². The third-order valence-electron chi connectivity index (χ3n) is 4.69. The lowest BCUT2D eigenvalue weighted by molar-refractivity contribution is -0.144. The number of hydrogen-bond acceptors (Lipinski definition) is 7. The van der Waals surface area contributed by atoms with Gasteiger partial charge in [-0.2, -0.15) is 12.6 Å². The summed E-state index contributed by atoms with van der Waals surface area (Å²) in [7, 11) is 0. The SMILES string of the molecule is CC(C)CC(NC(=O)C(CS)NC(=O)C1CCCN1C(=O)C(N)CC(=O)O)C(=O)O. The van der Waals surface area contributed by atoms with Crippen molar-refractivity contribution in [2.75, 3.05) is 12.3 Å². The standard InChI is InChI=1S/C18H30N4O7S/c1-9(2)6-11(18(28)29)20-15(25)12(8-30)21-16(26)13-4-3-5-22(13)17(27)10(19)7-14(23)24/h9-13,30H,3-8,19H2,1-2H3,(H,20,25)(H,21,26)(H,23,24)(H,28,29). The smallest absolute Gasteiger partial charge is 0.326 e. The van der Waals surface area contributed by atoms with E-state index >= 15 is 0 Å². The van der Waals surface area contributed by atoms with Crippen LogP contribution in [0.1, 0.15) is 39.5 Å². The summed E-state index contributed by atoms with van der Waals surface area (Å²) in [6.07, 6.45) is 0.526. The van der Waals surface area contributed by atoms with Crippen molar-refractivity contribution in [3.05, 3.63) is 0 Å². The molecule has 1 heterocycles. The largest absolute Gasteiger partial charge is 0.481 e. The monoisotopic (exact) mass is 446 g/mol. The summed E-state index contributed by atoms with van der Waals surface area (Å²) in [5, 5.41) is 23.0. The van der Waals surface area contributed by atoms with Crippen molar-refractivity contribution in [2.24, 2.45) is 11.7 Å². The fourth-order valence-corrected chi connectivity index (χ4v) is 3.48. The maximum Gasteiger partial charge on any atom is 0.326 e.